The molecule has 7 nitrogen and oxygen atoms in total. The Morgan fingerprint density at radius 3 is 3.00 bits per heavy atom. The highest BCUT2D eigenvalue weighted by Crippen LogP contribution is 2.39. The lowest BCUT2D eigenvalue weighted by Crippen LogP contribution is -2.27. The summed E-state index contributed by atoms with van der Waals surface area (Å²) in [5, 5.41) is 10.3. The lowest BCUT2D eigenvalue weighted by Gasteiger charge is -2.10. The molecule has 0 spiro atoms. The SMILES string of the molecule is CCNC1C(=O)Nc2cc(Oc3ncn(C)n3)c(Cl)cc21. The summed E-state index contributed by atoms with van der Waals surface area (Å²) in [5.74, 6) is 0.301. The number of aromatic nitrogens is 3. The quantitative estimate of drug-likeness (QED) is 0.901. The Balaban J connectivity index is 1.92. The average molecular weight is 308 g/mol. The Kier molecular flexibility index (Phi) is 3.52. The van der Waals surface area contributed by atoms with Gasteiger partial charge in [0, 0.05) is 24.4 Å². The number of hydrogen-bond acceptors (Lipinski definition) is 5. The lowest BCUT2D eigenvalue weighted by atomic mass is 10.1. The van der Waals surface area contributed by atoms with Gasteiger partial charge in [0.25, 0.3) is 0 Å². The van der Waals surface area contributed by atoms with Gasteiger partial charge in [-0.2, -0.15) is 4.98 Å². The molecule has 0 radical (unpaired) electrons. The Bertz CT molecular complexity index is 700. The number of fused-ring (bicyclic) bond motifs is 1. The first-order chi connectivity index (χ1) is 10.1. The number of amides is 1. The third-order valence-electron chi connectivity index (χ3n) is 3.12. The molecule has 3 rings (SSSR count). The van der Waals surface area contributed by atoms with E-state index in [4.69, 9.17) is 16.3 Å². The summed E-state index contributed by atoms with van der Waals surface area (Å²) >= 11 is 6.22. The van der Waals surface area contributed by atoms with E-state index in [0.29, 0.717) is 23.0 Å². The fourth-order valence-corrected chi connectivity index (χ4v) is 2.42. The van der Waals surface area contributed by atoms with Gasteiger partial charge >= 0.3 is 6.01 Å². The fourth-order valence-electron chi connectivity index (χ4n) is 2.21. The normalized spacial score (nSPS) is 16.7. The first-order valence-electron chi connectivity index (χ1n) is 6.49. The van der Waals surface area contributed by atoms with E-state index in [1.807, 2.05) is 6.92 Å². The largest absolute Gasteiger partial charge is 0.422 e. The number of likely N-dealkylation sites (N-methyl/N-ethyl adjacent to an activating group) is 1. The molecule has 1 amide bonds. The van der Waals surface area contributed by atoms with Crippen LogP contribution in [0.25, 0.3) is 0 Å². The molecular weight excluding hydrogens is 294 g/mol. The summed E-state index contributed by atoms with van der Waals surface area (Å²) in [7, 11) is 1.74. The topological polar surface area (TPSA) is 81.1 Å². The highest BCUT2D eigenvalue weighted by atomic mass is 35.5. The van der Waals surface area contributed by atoms with Gasteiger partial charge in [0.15, 0.2) is 5.75 Å². The second kappa shape index (κ2) is 5.34. The molecule has 1 aliphatic heterocycles. The predicted octanol–water partition coefficient (Wildman–Crippen LogP) is 1.86. The van der Waals surface area contributed by atoms with Crippen molar-refractivity contribution in [3.63, 3.8) is 0 Å². The van der Waals surface area contributed by atoms with E-state index in [9.17, 15) is 4.79 Å². The number of halogens is 1. The predicted molar refractivity (Wildman–Crippen MR) is 77.6 cm³/mol. The van der Waals surface area contributed by atoms with E-state index in [2.05, 4.69) is 20.7 Å². The summed E-state index contributed by atoms with van der Waals surface area (Å²) in [5.41, 5.74) is 1.49. The van der Waals surface area contributed by atoms with Crippen molar-refractivity contribution in [2.75, 3.05) is 11.9 Å². The number of benzene rings is 1. The number of carbonyl (C=O) groups excluding carboxylic acids is 1. The van der Waals surface area contributed by atoms with Crippen molar-refractivity contribution < 1.29 is 9.53 Å². The number of hydrogen-bond donors (Lipinski definition) is 2. The van der Waals surface area contributed by atoms with Gasteiger partial charge in [-0.1, -0.05) is 18.5 Å². The second-order valence-corrected chi connectivity index (χ2v) is 5.06. The van der Waals surface area contributed by atoms with Gasteiger partial charge in [-0.3, -0.25) is 9.48 Å². The van der Waals surface area contributed by atoms with Crippen molar-refractivity contribution in [1.29, 1.82) is 0 Å². The minimum atomic E-state index is -0.385. The molecule has 1 unspecified atom stereocenters. The van der Waals surface area contributed by atoms with Crippen LogP contribution in [0.1, 0.15) is 18.5 Å². The van der Waals surface area contributed by atoms with Crippen LogP contribution in [-0.4, -0.2) is 27.2 Å². The van der Waals surface area contributed by atoms with Crippen molar-refractivity contribution in [2.45, 2.75) is 13.0 Å². The van der Waals surface area contributed by atoms with E-state index in [-0.39, 0.29) is 18.0 Å². The van der Waals surface area contributed by atoms with Crippen LogP contribution in [-0.2, 0) is 11.8 Å². The molecule has 2 aromatic rings. The fraction of sp³-hybridized carbons (Fsp3) is 0.308. The third kappa shape index (κ3) is 2.57. The number of nitrogens with one attached hydrogen (secondary N) is 2. The highest BCUT2D eigenvalue weighted by molar-refractivity contribution is 6.32. The molecule has 1 aromatic heterocycles. The maximum atomic E-state index is 11.9. The summed E-state index contributed by atoms with van der Waals surface area (Å²) in [6, 6.07) is 3.22. The Hall–Kier alpha value is -2.12. The van der Waals surface area contributed by atoms with E-state index in [1.165, 1.54) is 11.0 Å². The standard InChI is InChI=1S/C13H14ClN5O2/c1-3-15-11-7-4-8(14)10(5-9(7)17-12(11)20)21-13-16-6-19(2)18-13/h4-6,11,15H,3H2,1-2H3,(H,17,20). The maximum Gasteiger partial charge on any atom is 0.341 e. The molecule has 0 saturated carbocycles. The number of carbonyl (C=O) groups is 1. The number of rotatable bonds is 4. The summed E-state index contributed by atoms with van der Waals surface area (Å²) in [6.45, 7) is 2.63. The second-order valence-electron chi connectivity index (χ2n) is 4.65. The van der Waals surface area contributed by atoms with Crippen LogP contribution >= 0.6 is 11.6 Å². The van der Waals surface area contributed by atoms with Crippen molar-refractivity contribution >= 4 is 23.2 Å². The van der Waals surface area contributed by atoms with Crippen LogP contribution in [0.2, 0.25) is 5.02 Å². The molecule has 110 valence electrons. The molecule has 0 saturated heterocycles. The average Bonchev–Trinajstić information content (AvgIpc) is 2.96. The first kappa shape index (κ1) is 13.8. The molecule has 1 aromatic carbocycles. The lowest BCUT2D eigenvalue weighted by molar-refractivity contribution is -0.117. The number of aryl methyl sites for hydroxylation is 1. The number of anilines is 1. The third-order valence-corrected chi connectivity index (χ3v) is 3.42. The van der Waals surface area contributed by atoms with Crippen molar-refractivity contribution in [3.8, 4) is 11.8 Å². The van der Waals surface area contributed by atoms with Crippen LogP contribution in [0.4, 0.5) is 5.69 Å². The smallest absolute Gasteiger partial charge is 0.341 e. The van der Waals surface area contributed by atoms with Crippen molar-refractivity contribution in [3.05, 3.63) is 29.0 Å². The minimum Gasteiger partial charge on any atom is -0.422 e. The molecule has 2 N–H and O–H groups in total. The maximum absolute atomic E-state index is 11.9. The number of ether oxygens (including phenoxy) is 1. The zero-order valence-electron chi connectivity index (χ0n) is 11.6. The van der Waals surface area contributed by atoms with Crippen LogP contribution in [0.15, 0.2) is 18.5 Å². The minimum absolute atomic E-state index is 0.101. The monoisotopic (exact) mass is 307 g/mol. The first-order valence-corrected chi connectivity index (χ1v) is 6.87. The zero-order chi connectivity index (χ0) is 15.0. The van der Waals surface area contributed by atoms with E-state index < -0.39 is 0 Å². The van der Waals surface area contributed by atoms with Crippen LogP contribution in [0, 0.1) is 0 Å². The summed E-state index contributed by atoms with van der Waals surface area (Å²) in [6.07, 6.45) is 1.53. The molecule has 1 atom stereocenters. The Morgan fingerprint density at radius 1 is 1.52 bits per heavy atom. The van der Waals surface area contributed by atoms with E-state index >= 15 is 0 Å². The van der Waals surface area contributed by atoms with Crippen LogP contribution in [0.5, 0.6) is 11.8 Å². The van der Waals surface area contributed by atoms with Crippen LogP contribution < -0.4 is 15.4 Å². The zero-order valence-corrected chi connectivity index (χ0v) is 12.3. The van der Waals surface area contributed by atoms with E-state index in [1.54, 1.807) is 19.2 Å². The van der Waals surface area contributed by atoms with Gasteiger partial charge in [-0.05, 0) is 12.6 Å². The van der Waals surface area contributed by atoms with E-state index in [0.717, 1.165) is 5.56 Å². The van der Waals surface area contributed by atoms with Gasteiger partial charge in [-0.15, -0.1) is 5.10 Å². The van der Waals surface area contributed by atoms with Crippen LogP contribution in [0.3, 0.4) is 0 Å². The molecule has 0 aliphatic carbocycles. The Morgan fingerprint density at radius 2 is 2.33 bits per heavy atom. The summed E-state index contributed by atoms with van der Waals surface area (Å²) in [4.78, 5) is 15.9. The molecule has 21 heavy (non-hydrogen) atoms. The molecular formula is C13H14ClN5O2. The van der Waals surface area contributed by atoms with Gasteiger partial charge < -0.3 is 15.4 Å². The van der Waals surface area contributed by atoms with Crippen molar-refractivity contribution in [2.24, 2.45) is 7.05 Å². The highest BCUT2D eigenvalue weighted by Gasteiger charge is 2.31. The molecule has 2 heterocycles. The molecule has 0 fully saturated rings. The Labute approximate surface area is 126 Å². The summed E-state index contributed by atoms with van der Waals surface area (Å²) < 4.78 is 7.07. The number of nitrogens with zero attached hydrogens (tertiary/aromatic N) is 3. The van der Waals surface area contributed by atoms with Crippen molar-refractivity contribution in [1.82, 2.24) is 20.1 Å². The van der Waals surface area contributed by atoms with Gasteiger partial charge in [0.1, 0.15) is 12.4 Å². The molecule has 1 aliphatic rings. The van der Waals surface area contributed by atoms with Gasteiger partial charge in [0.2, 0.25) is 5.91 Å². The van der Waals surface area contributed by atoms with Gasteiger partial charge in [0.05, 0.1) is 5.02 Å². The molecule has 8 heteroatoms. The molecule has 0 bridgehead atoms. The van der Waals surface area contributed by atoms with Gasteiger partial charge in [-0.25, -0.2) is 0 Å².